The topological polar surface area (TPSA) is 49.4 Å². The summed E-state index contributed by atoms with van der Waals surface area (Å²) in [5.74, 6) is 0. The van der Waals surface area contributed by atoms with Crippen LogP contribution < -0.4 is 5.32 Å². The van der Waals surface area contributed by atoms with E-state index in [2.05, 4.69) is 11.9 Å². The van der Waals surface area contributed by atoms with E-state index in [0.29, 0.717) is 24.5 Å². The van der Waals surface area contributed by atoms with E-state index in [0.717, 1.165) is 18.5 Å². The van der Waals surface area contributed by atoms with E-state index in [1.807, 2.05) is 26.0 Å². The van der Waals surface area contributed by atoms with Crippen molar-refractivity contribution in [1.82, 2.24) is 9.62 Å². The maximum absolute atomic E-state index is 12.7. The molecule has 1 rings (SSSR count). The van der Waals surface area contributed by atoms with E-state index in [9.17, 15) is 8.42 Å². The third-order valence-corrected chi connectivity index (χ3v) is 4.93. The number of nitrogens with zero attached hydrogens (tertiary/aromatic N) is 1. The minimum atomic E-state index is -3.46. The predicted molar refractivity (Wildman–Crippen MR) is 83.1 cm³/mol. The van der Waals surface area contributed by atoms with Gasteiger partial charge in [0.15, 0.2) is 0 Å². The fourth-order valence-corrected chi connectivity index (χ4v) is 3.73. The molecule has 0 heterocycles. The summed E-state index contributed by atoms with van der Waals surface area (Å²) >= 11 is 0. The molecular formula is C15H24N2O2S. The monoisotopic (exact) mass is 296 g/mol. The summed E-state index contributed by atoms with van der Waals surface area (Å²) in [5, 5.41) is 3.18. The molecule has 0 aliphatic carbocycles. The third-order valence-electron chi connectivity index (χ3n) is 2.96. The Morgan fingerprint density at radius 3 is 2.60 bits per heavy atom. The number of sulfonamides is 1. The van der Waals surface area contributed by atoms with E-state index in [1.165, 1.54) is 4.31 Å². The molecule has 0 atom stereocenters. The summed E-state index contributed by atoms with van der Waals surface area (Å²) in [5.41, 5.74) is 0.805. The molecule has 1 aromatic rings. The highest BCUT2D eigenvalue weighted by atomic mass is 32.2. The fourth-order valence-electron chi connectivity index (χ4n) is 2.00. The first-order chi connectivity index (χ1) is 9.57. The van der Waals surface area contributed by atoms with Crippen molar-refractivity contribution in [2.75, 3.05) is 19.6 Å². The zero-order chi connectivity index (χ0) is 15.0. The van der Waals surface area contributed by atoms with Gasteiger partial charge in [0.1, 0.15) is 0 Å². The lowest BCUT2D eigenvalue weighted by Crippen LogP contribution is -2.33. The second kappa shape index (κ2) is 8.19. The summed E-state index contributed by atoms with van der Waals surface area (Å²) in [6.07, 6.45) is 2.41. The summed E-state index contributed by atoms with van der Waals surface area (Å²) in [6, 6.07) is 7.16. The Morgan fingerprint density at radius 1 is 1.30 bits per heavy atom. The molecule has 0 spiro atoms. The summed E-state index contributed by atoms with van der Waals surface area (Å²) in [4.78, 5) is 0.385. The number of rotatable bonds is 9. The van der Waals surface area contributed by atoms with E-state index in [-0.39, 0.29) is 0 Å². The van der Waals surface area contributed by atoms with Crippen LogP contribution in [-0.4, -0.2) is 32.4 Å². The van der Waals surface area contributed by atoms with Crippen molar-refractivity contribution < 1.29 is 8.42 Å². The molecule has 1 aromatic carbocycles. The Bertz CT molecular complexity index is 526. The SMILES string of the molecule is C=CCN(CCC)S(=O)(=O)c1ccccc1CNCC. The largest absolute Gasteiger partial charge is 0.313 e. The number of benzene rings is 1. The zero-order valence-corrected chi connectivity index (χ0v) is 13.1. The Labute approximate surface area is 122 Å². The number of nitrogens with one attached hydrogen (secondary N) is 1. The van der Waals surface area contributed by atoms with Crippen LogP contribution in [0, 0.1) is 0 Å². The van der Waals surface area contributed by atoms with Gasteiger partial charge in [-0.2, -0.15) is 4.31 Å². The highest BCUT2D eigenvalue weighted by molar-refractivity contribution is 7.89. The van der Waals surface area contributed by atoms with Gasteiger partial charge in [0.05, 0.1) is 4.90 Å². The first-order valence-corrected chi connectivity index (χ1v) is 8.41. The highest BCUT2D eigenvalue weighted by Gasteiger charge is 2.24. The molecule has 0 aromatic heterocycles. The van der Waals surface area contributed by atoms with Crippen LogP contribution >= 0.6 is 0 Å². The van der Waals surface area contributed by atoms with Crippen LogP contribution in [0.5, 0.6) is 0 Å². The van der Waals surface area contributed by atoms with Gasteiger partial charge in [0.2, 0.25) is 10.0 Å². The van der Waals surface area contributed by atoms with Crippen LogP contribution in [-0.2, 0) is 16.6 Å². The molecule has 5 heteroatoms. The Hall–Kier alpha value is -1.17. The van der Waals surface area contributed by atoms with E-state index in [4.69, 9.17) is 0 Å². The van der Waals surface area contributed by atoms with Crippen molar-refractivity contribution in [3.63, 3.8) is 0 Å². The lowest BCUT2D eigenvalue weighted by atomic mass is 10.2. The third kappa shape index (κ3) is 4.16. The molecule has 0 saturated carbocycles. The molecule has 0 bridgehead atoms. The smallest absolute Gasteiger partial charge is 0.243 e. The van der Waals surface area contributed by atoms with Crippen molar-refractivity contribution in [3.05, 3.63) is 42.5 Å². The molecule has 0 saturated heterocycles. The molecular weight excluding hydrogens is 272 g/mol. The van der Waals surface area contributed by atoms with Gasteiger partial charge in [-0.1, -0.05) is 38.1 Å². The summed E-state index contributed by atoms with van der Waals surface area (Å²) in [6.45, 7) is 9.81. The maximum Gasteiger partial charge on any atom is 0.243 e. The summed E-state index contributed by atoms with van der Waals surface area (Å²) in [7, 11) is -3.46. The molecule has 4 nitrogen and oxygen atoms in total. The summed E-state index contributed by atoms with van der Waals surface area (Å²) < 4.78 is 27.0. The predicted octanol–water partition coefficient (Wildman–Crippen LogP) is 2.38. The van der Waals surface area contributed by atoms with Gasteiger partial charge in [-0.3, -0.25) is 0 Å². The molecule has 0 fully saturated rings. The van der Waals surface area contributed by atoms with Gasteiger partial charge in [-0.15, -0.1) is 6.58 Å². The quantitative estimate of drug-likeness (QED) is 0.712. The van der Waals surface area contributed by atoms with Crippen molar-refractivity contribution in [2.24, 2.45) is 0 Å². The minimum Gasteiger partial charge on any atom is -0.313 e. The molecule has 0 radical (unpaired) electrons. The average molecular weight is 296 g/mol. The van der Waals surface area contributed by atoms with Gasteiger partial charge in [0.25, 0.3) is 0 Å². The van der Waals surface area contributed by atoms with E-state index >= 15 is 0 Å². The molecule has 20 heavy (non-hydrogen) atoms. The van der Waals surface area contributed by atoms with Crippen LogP contribution in [0.3, 0.4) is 0 Å². The molecule has 0 aliphatic heterocycles. The van der Waals surface area contributed by atoms with E-state index < -0.39 is 10.0 Å². The molecule has 112 valence electrons. The first-order valence-electron chi connectivity index (χ1n) is 6.97. The second-order valence-electron chi connectivity index (χ2n) is 4.54. The molecule has 0 unspecified atom stereocenters. The molecule has 1 N–H and O–H groups in total. The lowest BCUT2D eigenvalue weighted by molar-refractivity contribution is 0.440. The number of hydrogen-bond donors (Lipinski definition) is 1. The van der Waals surface area contributed by atoms with E-state index in [1.54, 1.807) is 18.2 Å². The maximum atomic E-state index is 12.7. The second-order valence-corrected chi connectivity index (χ2v) is 6.45. The Morgan fingerprint density at radius 2 is 2.00 bits per heavy atom. The first kappa shape index (κ1) is 16.9. The molecule has 0 amide bonds. The zero-order valence-electron chi connectivity index (χ0n) is 12.3. The van der Waals surface area contributed by atoms with Crippen molar-refractivity contribution in [3.8, 4) is 0 Å². The van der Waals surface area contributed by atoms with Crippen LogP contribution in [0.25, 0.3) is 0 Å². The Kier molecular flexibility index (Phi) is 6.91. The number of hydrogen-bond acceptors (Lipinski definition) is 3. The van der Waals surface area contributed by atoms with Gasteiger partial charge < -0.3 is 5.32 Å². The van der Waals surface area contributed by atoms with Gasteiger partial charge in [-0.25, -0.2) is 8.42 Å². The Balaban J connectivity index is 3.15. The van der Waals surface area contributed by atoms with Gasteiger partial charge in [0, 0.05) is 19.6 Å². The van der Waals surface area contributed by atoms with Crippen molar-refractivity contribution in [1.29, 1.82) is 0 Å². The lowest BCUT2D eigenvalue weighted by Gasteiger charge is -2.21. The molecule has 0 aliphatic rings. The highest BCUT2D eigenvalue weighted by Crippen LogP contribution is 2.20. The van der Waals surface area contributed by atoms with Gasteiger partial charge >= 0.3 is 0 Å². The van der Waals surface area contributed by atoms with Gasteiger partial charge in [-0.05, 0) is 24.6 Å². The van der Waals surface area contributed by atoms with Crippen LogP contribution in [0.1, 0.15) is 25.8 Å². The average Bonchev–Trinajstić information content (AvgIpc) is 2.45. The van der Waals surface area contributed by atoms with Crippen LogP contribution in [0.4, 0.5) is 0 Å². The fraction of sp³-hybridized carbons (Fsp3) is 0.467. The standard InChI is InChI=1S/C15H24N2O2S/c1-4-11-17(12-5-2)20(18,19)15-10-8-7-9-14(15)13-16-6-3/h4,7-10,16H,1,5-6,11-13H2,2-3H3. The van der Waals surface area contributed by atoms with Crippen LogP contribution in [0.15, 0.2) is 41.8 Å². The van der Waals surface area contributed by atoms with Crippen molar-refractivity contribution >= 4 is 10.0 Å². The van der Waals surface area contributed by atoms with Crippen molar-refractivity contribution in [2.45, 2.75) is 31.7 Å². The normalized spacial score (nSPS) is 11.8. The minimum absolute atomic E-state index is 0.339. The van der Waals surface area contributed by atoms with Crippen LogP contribution in [0.2, 0.25) is 0 Å².